The number of carboxylic acids is 3. The van der Waals surface area contributed by atoms with Gasteiger partial charge in [0.2, 0.25) is 35.4 Å². The summed E-state index contributed by atoms with van der Waals surface area (Å²) < 4.78 is 0. The smallest absolute Gasteiger partial charge is 0.326 e. The molecule has 0 saturated heterocycles. The van der Waals surface area contributed by atoms with Crippen LogP contribution in [0.1, 0.15) is 66.2 Å². The Hall–Kier alpha value is -5.58. The highest BCUT2D eigenvalue weighted by molar-refractivity contribution is 5.96. The van der Waals surface area contributed by atoms with Crippen LogP contribution in [0.3, 0.4) is 0 Å². The third-order valence-corrected chi connectivity index (χ3v) is 7.42. The zero-order valence-corrected chi connectivity index (χ0v) is 30.6. The van der Waals surface area contributed by atoms with E-state index in [4.69, 9.17) is 22.3 Å². The summed E-state index contributed by atoms with van der Waals surface area (Å²) in [6, 6.07) is -8.63. The summed E-state index contributed by atoms with van der Waals surface area (Å²) in [6.07, 6.45) is -1.62. The standard InChI is InChI=1S/C31H54N10O13/c1-14(2)10-19(28(51)41-24(15(3)4)29(52)38-18(30(53)54)6-5-9-35-31(33)34)39-27(50)17(7-8-22(44)45)37-21(43)12-36-26(49)20(13-42)40-25(48)16(32)11-23(46)47/h14-20,24,42H,5-13,32H2,1-4H3,(H,36,49)(H,37,43)(H,38,52)(H,39,50)(H,40,48)(H,41,51)(H,44,45)(H,46,47)(H,53,54)(H4,33,34,35)/t16-,17-,18-,19-,20-,24-/m0/s1. The Morgan fingerprint density at radius 3 is 1.74 bits per heavy atom. The number of carboxylic acid groups (broad SMARTS) is 3. The van der Waals surface area contributed by atoms with E-state index < -0.39 is 128 Å². The number of carbonyl (C=O) groups excluding carboxylic acids is 6. The zero-order chi connectivity index (χ0) is 41.7. The zero-order valence-electron chi connectivity index (χ0n) is 30.6. The minimum absolute atomic E-state index is 0.0204. The van der Waals surface area contributed by atoms with Gasteiger partial charge >= 0.3 is 17.9 Å². The number of nitrogens with two attached hydrogens (primary N) is 3. The minimum atomic E-state index is -1.63. The van der Waals surface area contributed by atoms with Gasteiger partial charge in [0.05, 0.1) is 25.6 Å². The number of nitrogens with one attached hydrogen (secondary N) is 6. The highest BCUT2D eigenvalue weighted by atomic mass is 16.4. The molecule has 6 atom stereocenters. The molecule has 0 aliphatic heterocycles. The molecular weight excluding hydrogens is 720 g/mol. The fraction of sp³-hybridized carbons (Fsp3) is 0.677. The molecule has 0 aromatic rings. The van der Waals surface area contributed by atoms with Crippen molar-refractivity contribution in [1.29, 1.82) is 0 Å². The van der Waals surface area contributed by atoms with Crippen LogP contribution in [0.4, 0.5) is 0 Å². The normalized spacial score (nSPS) is 14.2. The van der Waals surface area contributed by atoms with Crippen molar-refractivity contribution in [2.24, 2.45) is 34.0 Å². The average molecular weight is 775 g/mol. The number of aliphatic carboxylic acids is 3. The molecule has 0 heterocycles. The molecule has 6 amide bonds. The molecular formula is C31H54N10O13. The molecule has 0 saturated carbocycles. The largest absolute Gasteiger partial charge is 0.481 e. The number of aliphatic hydroxyl groups is 1. The molecule has 0 rings (SSSR count). The topological polar surface area (TPSA) is 397 Å². The number of nitrogens with zero attached hydrogens (tertiary/aromatic N) is 1. The van der Waals surface area contributed by atoms with Gasteiger partial charge in [-0.05, 0) is 37.5 Å². The van der Waals surface area contributed by atoms with E-state index in [-0.39, 0.29) is 37.7 Å². The van der Waals surface area contributed by atoms with Crippen molar-refractivity contribution in [2.45, 2.75) is 102 Å². The quantitative estimate of drug-likeness (QED) is 0.0222. The number of hydrogen-bond donors (Lipinski definition) is 13. The molecule has 0 spiro atoms. The van der Waals surface area contributed by atoms with Gasteiger partial charge in [0.1, 0.15) is 30.2 Å². The monoisotopic (exact) mass is 774 g/mol. The number of rotatable bonds is 26. The molecule has 0 radical (unpaired) electrons. The highest BCUT2D eigenvalue weighted by Gasteiger charge is 2.33. The lowest BCUT2D eigenvalue weighted by Crippen LogP contribution is -2.59. The molecule has 23 nitrogen and oxygen atoms in total. The second-order valence-corrected chi connectivity index (χ2v) is 13.0. The Bertz CT molecular complexity index is 1370. The summed E-state index contributed by atoms with van der Waals surface area (Å²) in [6.45, 7) is 4.98. The molecule has 0 bridgehead atoms. The van der Waals surface area contributed by atoms with Crippen LogP contribution in [0.2, 0.25) is 0 Å². The minimum Gasteiger partial charge on any atom is -0.481 e. The van der Waals surface area contributed by atoms with E-state index in [1.165, 1.54) is 0 Å². The first kappa shape index (κ1) is 48.4. The van der Waals surface area contributed by atoms with E-state index in [9.17, 15) is 58.5 Å². The van der Waals surface area contributed by atoms with E-state index in [2.05, 4.69) is 31.6 Å². The Kier molecular flexibility index (Phi) is 22.1. The maximum atomic E-state index is 13.5. The third-order valence-electron chi connectivity index (χ3n) is 7.42. The first-order valence-corrected chi connectivity index (χ1v) is 17.0. The molecule has 0 aromatic heterocycles. The number of aliphatic imine (C=N–C) groups is 1. The molecule has 23 heteroatoms. The predicted molar refractivity (Wildman–Crippen MR) is 189 cm³/mol. The number of carbonyl (C=O) groups is 9. The fourth-order valence-electron chi connectivity index (χ4n) is 4.61. The van der Waals surface area contributed by atoms with E-state index in [0.29, 0.717) is 0 Å². The molecule has 0 fully saturated rings. The highest BCUT2D eigenvalue weighted by Crippen LogP contribution is 2.10. The summed E-state index contributed by atoms with van der Waals surface area (Å²) in [5.74, 6) is -10.8. The molecule has 0 aliphatic carbocycles. The van der Waals surface area contributed by atoms with E-state index >= 15 is 0 Å². The van der Waals surface area contributed by atoms with Gasteiger partial charge < -0.3 is 69.5 Å². The Morgan fingerprint density at radius 1 is 0.667 bits per heavy atom. The summed E-state index contributed by atoms with van der Waals surface area (Å²) in [4.78, 5) is 115. The summed E-state index contributed by atoms with van der Waals surface area (Å²) >= 11 is 0. The van der Waals surface area contributed by atoms with Crippen LogP contribution in [-0.4, -0.2) is 136 Å². The summed E-state index contributed by atoms with van der Waals surface area (Å²) in [5, 5.41) is 50.9. The number of aliphatic hydroxyl groups excluding tert-OH is 1. The lowest BCUT2D eigenvalue weighted by atomic mass is 9.99. The van der Waals surface area contributed by atoms with Crippen LogP contribution < -0.4 is 49.1 Å². The van der Waals surface area contributed by atoms with Crippen LogP contribution in [-0.2, 0) is 43.2 Å². The van der Waals surface area contributed by atoms with Gasteiger partial charge in [0, 0.05) is 13.0 Å². The van der Waals surface area contributed by atoms with Crippen LogP contribution in [0, 0.1) is 11.8 Å². The van der Waals surface area contributed by atoms with Gasteiger partial charge in [-0.3, -0.25) is 43.3 Å². The number of hydrogen-bond acceptors (Lipinski definition) is 12. The maximum absolute atomic E-state index is 13.5. The Labute approximate surface area is 311 Å². The van der Waals surface area contributed by atoms with Crippen molar-refractivity contribution < 1.29 is 63.6 Å². The third kappa shape index (κ3) is 19.9. The van der Waals surface area contributed by atoms with Gasteiger partial charge in [0.15, 0.2) is 5.96 Å². The molecule has 54 heavy (non-hydrogen) atoms. The molecule has 0 aromatic carbocycles. The van der Waals surface area contributed by atoms with Crippen LogP contribution >= 0.6 is 0 Å². The average Bonchev–Trinajstić information content (AvgIpc) is 3.06. The van der Waals surface area contributed by atoms with E-state index in [1.54, 1.807) is 27.7 Å². The van der Waals surface area contributed by atoms with Crippen LogP contribution in [0.5, 0.6) is 0 Å². The van der Waals surface area contributed by atoms with E-state index in [1.807, 2.05) is 5.32 Å². The van der Waals surface area contributed by atoms with Gasteiger partial charge in [-0.1, -0.05) is 27.7 Å². The van der Waals surface area contributed by atoms with E-state index in [0.717, 1.165) is 0 Å². The second kappa shape index (κ2) is 24.6. The second-order valence-electron chi connectivity index (χ2n) is 13.0. The maximum Gasteiger partial charge on any atom is 0.326 e. The van der Waals surface area contributed by atoms with Crippen molar-refractivity contribution in [3.05, 3.63) is 0 Å². The summed E-state index contributed by atoms with van der Waals surface area (Å²) in [5.41, 5.74) is 16.0. The molecule has 16 N–H and O–H groups in total. The van der Waals surface area contributed by atoms with Crippen molar-refractivity contribution >= 4 is 59.3 Å². The van der Waals surface area contributed by atoms with Crippen molar-refractivity contribution in [3.8, 4) is 0 Å². The first-order chi connectivity index (χ1) is 25.1. The van der Waals surface area contributed by atoms with Crippen molar-refractivity contribution in [2.75, 3.05) is 19.7 Å². The SMILES string of the molecule is CC(C)C[C@H](NC(=O)[C@H](CCC(=O)O)NC(=O)CNC(=O)[C@H](CO)NC(=O)[C@@H](N)CC(=O)O)C(=O)N[C@H](C(=O)N[C@@H](CCCN=C(N)N)C(=O)O)C(C)C. The van der Waals surface area contributed by atoms with Gasteiger partial charge in [-0.15, -0.1) is 0 Å². The molecule has 306 valence electrons. The molecule has 0 aliphatic rings. The van der Waals surface area contributed by atoms with Crippen LogP contribution in [0.15, 0.2) is 4.99 Å². The number of guanidine groups is 1. The predicted octanol–water partition coefficient (Wildman–Crippen LogP) is -4.97. The lowest BCUT2D eigenvalue weighted by Gasteiger charge is -2.28. The van der Waals surface area contributed by atoms with Crippen molar-refractivity contribution in [3.63, 3.8) is 0 Å². The fourth-order valence-corrected chi connectivity index (χ4v) is 4.61. The van der Waals surface area contributed by atoms with Gasteiger partial charge in [0.25, 0.3) is 0 Å². The number of amides is 6. The lowest BCUT2D eigenvalue weighted by molar-refractivity contribution is -0.143. The summed E-state index contributed by atoms with van der Waals surface area (Å²) in [7, 11) is 0. The first-order valence-electron chi connectivity index (χ1n) is 17.0. The Balaban J connectivity index is 5.81. The van der Waals surface area contributed by atoms with Crippen molar-refractivity contribution in [1.82, 2.24) is 31.9 Å². The molecule has 0 unspecified atom stereocenters. The van der Waals surface area contributed by atoms with Gasteiger partial charge in [-0.2, -0.15) is 0 Å². The van der Waals surface area contributed by atoms with Gasteiger partial charge in [-0.25, -0.2) is 4.79 Å². The Morgan fingerprint density at radius 2 is 1.24 bits per heavy atom. The van der Waals surface area contributed by atoms with Crippen LogP contribution in [0.25, 0.3) is 0 Å².